The summed E-state index contributed by atoms with van der Waals surface area (Å²) in [5, 5.41) is 3.01. The summed E-state index contributed by atoms with van der Waals surface area (Å²) < 4.78 is 22.3. The zero-order chi connectivity index (χ0) is 19.2. The summed E-state index contributed by atoms with van der Waals surface area (Å²) in [6.45, 7) is 4.92. The van der Waals surface area contributed by atoms with Crippen LogP contribution >= 0.6 is 0 Å². The summed E-state index contributed by atoms with van der Waals surface area (Å²) in [6.07, 6.45) is -0.0708. The van der Waals surface area contributed by atoms with Crippen LogP contribution in [0.3, 0.4) is 0 Å². The van der Waals surface area contributed by atoms with Crippen molar-refractivity contribution in [2.75, 3.05) is 20.3 Å². The van der Waals surface area contributed by atoms with Gasteiger partial charge in [-0.25, -0.2) is 0 Å². The van der Waals surface area contributed by atoms with E-state index in [1.54, 1.807) is 19.2 Å². The number of rotatable bonds is 7. The fraction of sp³-hybridized carbons (Fsp3) is 0.381. The van der Waals surface area contributed by atoms with Crippen LogP contribution in [-0.2, 0) is 4.79 Å². The van der Waals surface area contributed by atoms with Gasteiger partial charge in [0.15, 0.2) is 29.1 Å². The van der Waals surface area contributed by atoms with E-state index in [-0.39, 0.29) is 11.9 Å². The van der Waals surface area contributed by atoms with E-state index in [4.69, 9.17) is 18.9 Å². The second-order valence-electron chi connectivity index (χ2n) is 6.30. The molecule has 1 amide bonds. The van der Waals surface area contributed by atoms with Gasteiger partial charge < -0.3 is 24.3 Å². The molecule has 2 aromatic rings. The number of hydrogen-bond acceptors (Lipinski definition) is 5. The topological polar surface area (TPSA) is 66.0 Å². The van der Waals surface area contributed by atoms with Gasteiger partial charge in [0.05, 0.1) is 13.2 Å². The fourth-order valence-electron chi connectivity index (χ4n) is 2.91. The standard InChI is InChI=1S/C21H25NO5/c1-4-16(27-19-8-6-5-7-17(19)24-3)21(23)22-14(2)15-9-10-18-20(13-15)26-12-11-25-18/h5-10,13-14,16H,4,11-12H2,1-3H3,(H,22,23)/t14-,16-/m0/s1. The number of methoxy groups -OCH3 is 1. The highest BCUT2D eigenvalue weighted by atomic mass is 16.6. The molecule has 0 aromatic heterocycles. The van der Waals surface area contributed by atoms with Gasteiger partial charge in [-0.15, -0.1) is 0 Å². The Kier molecular flexibility index (Phi) is 6.06. The number of carbonyl (C=O) groups excluding carboxylic acids is 1. The molecule has 0 aliphatic carbocycles. The van der Waals surface area contributed by atoms with Crippen LogP contribution in [0, 0.1) is 0 Å². The minimum atomic E-state index is -0.610. The van der Waals surface area contributed by atoms with Gasteiger partial charge in [0.1, 0.15) is 13.2 Å². The monoisotopic (exact) mass is 371 g/mol. The molecule has 0 radical (unpaired) electrons. The third kappa shape index (κ3) is 4.45. The highest BCUT2D eigenvalue weighted by Gasteiger charge is 2.23. The number of hydrogen-bond donors (Lipinski definition) is 1. The van der Waals surface area contributed by atoms with Crippen molar-refractivity contribution in [2.45, 2.75) is 32.4 Å². The minimum Gasteiger partial charge on any atom is -0.493 e. The van der Waals surface area contributed by atoms with Gasteiger partial charge in [0, 0.05) is 0 Å². The number of nitrogens with one attached hydrogen (secondary N) is 1. The van der Waals surface area contributed by atoms with E-state index < -0.39 is 6.10 Å². The van der Waals surface area contributed by atoms with Crippen molar-refractivity contribution in [1.82, 2.24) is 5.32 Å². The Morgan fingerprint density at radius 2 is 1.81 bits per heavy atom. The molecular weight excluding hydrogens is 346 g/mol. The summed E-state index contributed by atoms with van der Waals surface area (Å²) >= 11 is 0. The number of benzene rings is 2. The Hall–Kier alpha value is -2.89. The van der Waals surface area contributed by atoms with Gasteiger partial charge in [-0.3, -0.25) is 4.79 Å². The van der Waals surface area contributed by atoms with Crippen LogP contribution in [0.25, 0.3) is 0 Å². The SMILES string of the molecule is CC[C@H](Oc1ccccc1OC)C(=O)N[C@@H](C)c1ccc2c(c1)OCCO2. The average Bonchev–Trinajstić information content (AvgIpc) is 2.71. The molecule has 144 valence electrons. The molecule has 3 rings (SSSR count). The molecule has 1 heterocycles. The molecular formula is C21H25NO5. The lowest BCUT2D eigenvalue weighted by molar-refractivity contribution is -0.128. The first-order chi connectivity index (χ1) is 13.1. The zero-order valence-electron chi connectivity index (χ0n) is 15.9. The Labute approximate surface area is 159 Å². The molecule has 2 atom stereocenters. The van der Waals surface area contributed by atoms with Crippen LogP contribution in [0.4, 0.5) is 0 Å². The van der Waals surface area contributed by atoms with Crippen molar-refractivity contribution in [2.24, 2.45) is 0 Å². The maximum Gasteiger partial charge on any atom is 0.261 e. The molecule has 27 heavy (non-hydrogen) atoms. The Bertz CT molecular complexity index is 792. The van der Waals surface area contributed by atoms with E-state index in [9.17, 15) is 4.79 Å². The predicted octanol–water partition coefficient (Wildman–Crippen LogP) is 3.50. The van der Waals surface area contributed by atoms with E-state index in [1.807, 2.05) is 44.2 Å². The van der Waals surface area contributed by atoms with E-state index in [0.717, 1.165) is 11.3 Å². The quantitative estimate of drug-likeness (QED) is 0.807. The maximum atomic E-state index is 12.7. The van der Waals surface area contributed by atoms with Crippen LogP contribution < -0.4 is 24.3 Å². The Balaban J connectivity index is 1.67. The molecule has 0 saturated carbocycles. The van der Waals surface area contributed by atoms with Crippen molar-refractivity contribution in [3.63, 3.8) is 0 Å². The average molecular weight is 371 g/mol. The number of ether oxygens (including phenoxy) is 4. The summed E-state index contributed by atoms with van der Waals surface area (Å²) in [6, 6.07) is 12.8. The van der Waals surface area contributed by atoms with Crippen LogP contribution in [-0.4, -0.2) is 32.3 Å². The number of para-hydroxylation sites is 2. The van der Waals surface area contributed by atoms with Gasteiger partial charge in [-0.1, -0.05) is 25.1 Å². The predicted molar refractivity (Wildman–Crippen MR) is 102 cm³/mol. The zero-order valence-corrected chi connectivity index (χ0v) is 15.9. The maximum absolute atomic E-state index is 12.7. The first-order valence-corrected chi connectivity index (χ1v) is 9.12. The smallest absolute Gasteiger partial charge is 0.261 e. The van der Waals surface area contributed by atoms with Crippen molar-refractivity contribution >= 4 is 5.91 Å². The molecule has 0 fully saturated rings. The number of fused-ring (bicyclic) bond motifs is 1. The molecule has 1 aliphatic rings. The molecule has 0 bridgehead atoms. The van der Waals surface area contributed by atoms with Crippen molar-refractivity contribution in [1.29, 1.82) is 0 Å². The van der Waals surface area contributed by atoms with E-state index in [2.05, 4.69) is 5.32 Å². The third-order valence-electron chi connectivity index (χ3n) is 4.43. The highest BCUT2D eigenvalue weighted by Crippen LogP contribution is 2.33. The molecule has 0 saturated heterocycles. The number of amides is 1. The van der Waals surface area contributed by atoms with Crippen LogP contribution in [0.15, 0.2) is 42.5 Å². The van der Waals surface area contributed by atoms with Crippen molar-refractivity contribution in [3.05, 3.63) is 48.0 Å². The summed E-state index contributed by atoms with van der Waals surface area (Å²) in [7, 11) is 1.58. The minimum absolute atomic E-state index is 0.175. The second kappa shape index (κ2) is 8.66. The molecule has 6 heteroatoms. The lowest BCUT2D eigenvalue weighted by atomic mass is 10.1. The molecule has 2 aromatic carbocycles. The lowest BCUT2D eigenvalue weighted by Gasteiger charge is -2.23. The van der Waals surface area contributed by atoms with E-state index in [1.165, 1.54) is 0 Å². The first-order valence-electron chi connectivity index (χ1n) is 9.12. The van der Waals surface area contributed by atoms with Gasteiger partial charge >= 0.3 is 0 Å². The van der Waals surface area contributed by atoms with Gasteiger partial charge in [0.25, 0.3) is 5.91 Å². The molecule has 0 spiro atoms. The summed E-state index contributed by atoms with van der Waals surface area (Å²) in [4.78, 5) is 12.7. The van der Waals surface area contributed by atoms with Gasteiger partial charge in [-0.05, 0) is 43.2 Å². The Morgan fingerprint density at radius 3 is 2.52 bits per heavy atom. The third-order valence-corrected chi connectivity index (χ3v) is 4.43. The van der Waals surface area contributed by atoms with Gasteiger partial charge in [-0.2, -0.15) is 0 Å². The van der Waals surface area contributed by atoms with E-state index >= 15 is 0 Å². The van der Waals surface area contributed by atoms with Crippen LogP contribution in [0.1, 0.15) is 31.9 Å². The molecule has 1 N–H and O–H groups in total. The lowest BCUT2D eigenvalue weighted by Crippen LogP contribution is -2.39. The number of carbonyl (C=O) groups is 1. The van der Waals surface area contributed by atoms with Crippen molar-refractivity contribution < 1.29 is 23.7 Å². The van der Waals surface area contributed by atoms with Crippen LogP contribution in [0.5, 0.6) is 23.0 Å². The Morgan fingerprint density at radius 1 is 1.11 bits per heavy atom. The largest absolute Gasteiger partial charge is 0.493 e. The molecule has 1 aliphatic heterocycles. The van der Waals surface area contributed by atoms with E-state index in [0.29, 0.717) is 36.9 Å². The van der Waals surface area contributed by atoms with Crippen LogP contribution in [0.2, 0.25) is 0 Å². The normalized spacial score (nSPS) is 14.8. The highest BCUT2D eigenvalue weighted by molar-refractivity contribution is 5.81. The molecule has 6 nitrogen and oxygen atoms in total. The fourth-order valence-corrected chi connectivity index (χ4v) is 2.91. The van der Waals surface area contributed by atoms with Gasteiger partial charge in [0.2, 0.25) is 0 Å². The summed E-state index contributed by atoms with van der Waals surface area (Å²) in [5.41, 5.74) is 0.944. The second-order valence-corrected chi connectivity index (χ2v) is 6.30. The first kappa shape index (κ1) is 18.9. The summed E-state index contributed by atoms with van der Waals surface area (Å²) in [5.74, 6) is 2.41. The van der Waals surface area contributed by atoms with Crippen molar-refractivity contribution in [3.8, 4) is 23.0 Å². The molecule has 0 unspecified atom stereocenters.